The zero-order valence-electron chi connectivity index (χ0n) is 11.8. The van der Waals surface area contributed by atoms with Gasteiger partial charge in [0.25, 0.3) is 0 Å². The number of nitrogens with two attached hydrogens (primary N) is 1. The minimum Gasteiger partial charge on any atom is -0.616 e. The number of nitrogen functional groups attached to an aromatic ring is 1. The third-order valence-electron chi connectivity index (χ3n) is 3.94. The molecule has 2 aromatic rings. The van der Waals surface area contributed by atoms with Gasteiger partial charge in [0, 0.05) is 13.1 Å². The Balaban J connectivity index is 2.06. The van der Waals surface area contributed by atoms with Gasteiger partial charge < -0.3 is 19.6 Å². The highest BCUT2D eigenvalue weighted by Gasteiger charge is 2.28. The van der Waals surface area contributed by atoms with E-state index in [9.17, 15) is 4.55 Å². The first-order valence-corrected chi connectivity index (χ1v) is 8.23. The van der Waals surface area contributed by atoms with Crippen molar-refractivity contribution in [3.63, 3.8) is 0 Å². The highest BCUT2D eigenvalue weighted by atomic mass is 32.2. The SMILES string of the molecule is COc1cc2nc(C3CCC[S+]([O-])C3)n(C)c2cc1N. The molecule has 20 heavy (non-hydrogen) atoms. The Bertz CT molecular complexity index is 641. The third-order valence-corrected chi connectivity index (χ3v) is 5.46. The predicted octanol–water partition coefficient (Wildman–Crippen LogP) is 1.79. The molecule has 0 saturated carbocycles. The van der Waals surface area contributed by atoms with Gasteiger partial charge in [0.2, 0.25) is 0 Å². The summed E-state index contributed by atoms with van der Waals surface area (Å²) in [6.07, 6.45) is 2.06. The summed E-state index contributed by atoms with van der Waals surface area (Å²) in [6.45, 7) is 0. The molecule has 1 aromatic heterocycles. The van der Waals surface area contributed by atoms with Gasteiger partial charge in [0.05, 0.1) is 29.7 Å². The van der Waals surface area contributed by atoms with E-state index >= 15 is 0 Å². The summed E-state index contributed by atoms with van der Waals surface area (Å²) < 4.78 is 19.1. The van der Waals surface area contributed by atoms with Crippen molar-refractivity contribution in [1.82, 2.24) is 9.55 Å². The second-order valence-corrected chi connectivity index (χ2v) is 6.88. The molecule has 5 nitrogen and oxygen atoms in total. The first kappa shape index (κ1) is 13.6. The molecule has 2 N–H and O–H groups in total. The zero-order chi connectivity index (χ0) is 14.3. The van der Waals surface area contributed by atoms with Crippen molar-refractivity contribution in [2.45, 2.75) is 18.8 Å². The normalized spacial score (nSPS) is 23.1. The van der Waals surface area contributed by atoms with Crippen molar-refractivity contribution in [1.29, 1.82) is 0 Å². The molecule has 1 aliphatic heterocycles. The van der Waals surface area contributed by atoms with Crippen LogP contribution in [-0.4, -0.2) is 32.7 Å². The minimum atomic E-state index is -0.714. The van der Waals surface area contributed by atoms with E-state index in [-0.39, 0.29) is 5.92 Å². The van der Waals surface area contributed by atoms with Crippen LogP contribution in [0.3, 0.4) is 0 Å². The number of benzene rings is 1. The number of methoxy groups -OCH3 is 1. The zero-order valence-corrected chi connectivity index (χ0v) is 12.6. The molecule has 0 amide bonds. The van der Waals surface area contributed by atoms with E-state index in [2.05, 4.69) is 4.57 Å². The number of aromatic nitrogens is 2. The summed E-state index contributed by atoms with van der Waals surface area (Å²) in [4.78, 5) is 4.71. The highest BCUT2D eigenvalue weighted by molar-refractivity contribution is 7.91. The summed E-state index contributed by atoms with van der Waals surface area (Å²) in [5.41, 5.74) is 8.45. The quantitative estimate of drug-likeness (QED) is 0.676. The first-order valence-electron chi connectivity index (χ1n) is 6.75. The lowest BCUT2D eigenvalue weighted by molar-refractivity contribution is 0.417. The summed E-state index contributed by atoms with van der Waals surface area (Å²) in [5.74, 6) is 3.45. The van der Waals surface area contributed by atoms with Gasteiger partial charge in [-0.1, -0.05) is 11.2 Å². The van der Waals surface area contributed by atoms with Crippen LogP contribution in [-0.2, 0) is 18.2 Å². The number of fused-ring (bicyclic) bond motifs is 1. The van der Waals surface area contributed by atoms with Gasteiger partial charge in [-0.2, -0.15) is 0 Å². The van der Waals surface area contributed by atoms with Crippen LogP contribution in [0, 0.1) is 0 Å². The standard InChI is InChI=1S/C14H19N3O2S/c1-17-12-6-10(15)13(19-2)7-11(12)16-14(17)9-4-3-5-20(18)8-9/h6-7,9H,3-5,8,15H2,1-2H3. The predicted molar refractivity (Wildman–Crippen MR) is 81.5 cm³/mol. The molecule has 1 aromatic carbocycles. The molecule has 0 radical (unpaired) electrons. The Kier molecular flexibility index (Phi) is 3.52. The fraction of sp³-hybridized carbons (Fsp3) is 0.500. The average Bonchev–Trinajstić information content (AvgIpc) is 2.75. The van der Waals surface area contributed by atoms with E-state index in [1.54, 1.807) is 7.11 Å². The van der Waals surface area contributed by atoms with Crippen molar-refractivity contribution < 1.29 is 9.29 Å². The molecule has 2 heterocycles. The van der Waals surface area contributed by atoms with Crippen LogP contribution in [0.15, 0.2) is 12.1 Å². The van der Waals surface area contributed by atoms with Crippen LogP contribution in [0.5, 0.6) is 5.75 Å². The number of anilines is 1. The number of hydrogen-bond acceptors (Lipinski definition) is 4. The Hall–Kier alpha value is -1.40. The second-order valence-electron chi connectivity index (χ2n) is 5.26. The number of imidazole rings is 1. The lowest BCUT2D eigenvalue weighted by atomic mass is 10.1. The molecular formula is C14H19N3O2S. The summed E-state index contributed by atoms with van der Waals surface area (Å²) in [5, 5.41) is 0. The van der Waals surface area contributed by atoms with E-state index in [1.165, 1.54) is 0 Å². The number of rotatable bonds is 2. The van der Waals surface area contributed by atoms with Crippen molar-refractivity contribution in [2.24, 2.45) is 7.05 Å². The highest BCUT2D eigenvalue weighted by Crippen LogP contribution is 2.33. The van der Waals surface area contributed by atoms with E-state index < -0.39 is 11.2 Å². The Morgan fingerprint density at radius 1 is 1.50 bits per heavy atom. The number of hydrogen-bond donors (Lipinski definition) is 1. The molecule has 0 spiro atoms. The Labute approximate surface area is 121 Å². The summed E-state index contributed by atoms with van der Waals surface area (Å²) in [6, 6.07) is 3.76. The van der Waals surface area contributed by atoms with Crippen molar-refractivity contribution in [3.05, 3.63) is 18.0 Å². The maximum Gasteiger partial charge on any atom is 0.144 e. The number of ether oxygens (including phenoxy) is 1. The van der Waals surface area contributed by atoms with Gasteiger partial charge in [-0.3, -0.25) is 0 Å². The minimum absolute atomic E-state index is 0.272. The van der Waals surface area contributed by atoms with Gasteiger partial charge >= 0.3 is 0 Å². The van der Waals surface area contributed by atoms with Crippen molar-refractivity contribution in [2.75, 3.05) is 24.3 Å². The smallest absolute Gasteiger partial charge is 0.144 e. The molecule has 0 aliphatic carbocycles. The molecule has 1 aliphatic rings. The van der Waals surface area contributed by atoms with E-state index in [0.29, 0.717) is 17.2 Å². The van der Waals surface area contributed by atoms with Crippen molar-refractivity contribution in [3.8, 4) is 5.75 Å². The fourth-order valence-corrected chi connectivity index (χ4v) is 4.30. The molecular weight excluding hydrogens is 274 g/mol. The molecule has 1 saturated heterocycles. The monoisotopic (exact) mass is 293 g/mol. The average molecular weight is 293 g/mol. The van der Waals surface area contributed by atoms with Crippen LogP contribution in [0.2, 0.25) is 0 Å². The maximum absolute atomic E-state index is 11.8. The van der Waals surface area contributed by atoms with Crippen molar-refractivity contribution >= 4 is 27.9 Å². The fourth-order valence-electron chi connectivity index (χ4n) is 2.88. The lowest BCUT2D eigenvalue weighted by Gasteiger charge is -2.23. The van der Waals surface area contributed by atoms with Crippen LogP contribution in [0.25, 0.3) is 11.0 Å². The van der Waals surface area contributed by atoms with Crippen LogP contribution < -0.4 is 10.5 Å². The van der Waals surface area contributed by atoms with Gasteiger partial charge in [0.15, 0.2) is 0 Å². The first-order chi connectivity index (χ1) is 9.60. The van der Waals surface area contributed by atoms with E-state index in [1.807, 2.05) is 19.2 Å². The molecule has 6 heteroatoms. The molecule has 2 unspecified atom stereocenters. The van der Waals surface area contributed by atoms with E-state index in [0.717, 1.165) is 35.5 Å². The lowest BCUT2D eigenvalue weighted by Crippen LogP contribution is -2.25. The largest absolute Gasteiger partial charge is 0.616 e. The Morgan fingerprint density at radius 2 is 2.30 bits per heavy atom. The van der Waals surface area contributed by atoms with Gasteiger partial charge in [-0.25, -0.2) is 4.98 Å². The van der Waals surface area contributed by atoms with Gasteiger partial charge in [0.1, 0.15) is 23.1 Å². The Morgan fingerprint density at radius 3 is 3.00 bits per heavy atom. The maximum atomic E-state index is 11.8. The third kappa shape index (κ3) is 2.23. The van der Waals surface area contributed by atoms with E-state index in [4.69, 9.17) is 15.5 Å². The molecule has 3 rings (SSSR count). The molecule has 1 fully saturated rings. The molecule has 108 valence electrons. The topological polar surface area (TPSA) is 76.1 Å². The van der Waals surface area contributed by atoms with Gasteiger partial charge in [-0.15, -0.1) is 0 Å². The second kappa shape index (κ2) is 5.18. The van der Waals surface area contributed by atoms with Crippen LogP contribution in [0.4, 0.5) is 5.69 Å². The molecule has 0 bridgehead atoms. The summed E-state index contributed by atoms with van der Waals surface area (Å²) >= 11 is -0.714. The van der Waals surface area contributed by atoms with Crippen LogP contribution in [0.1, 0.15) is 24.6 Å². The van der Waals surface area contributed by atoms with Gasteiger partial charge in [-0.05, 0) is 18.9 Å². The van der Waals surface area contributed by atoms with Crippen LogP contribution >= 0.6 is 0 Å². The number of nitrogens with zero attached hydrogens (tertiary/aromatic N) is 2. The summed E-state index contributed by atoms with van der Waals surface area (Å²) in [7, 11) is 3.60. The number of aryl methyl sites for hydroxylation is 1. The molecule has 2 atom stereocenters.